The SMILES string of the molecule is CN(C)Cc1cccc(OCCCN=C=S)c1. The van der Waals surface area contributed by atoms with Crippen molar-refractivity contribution in [2.45, 2.75) is 13.0 Å². The molecule has 0 fully saturated rings. The molecule has 0 aliphatic rings. The Morgan fingerprint density at radius 3 is 2.94 bits per heavy atom. The van der Waals surface area contributed by atoms with Crippen LogP contribution in [0.4, 0.5) is 0 Å². The van der Waals surface area contributed by atoms with E-state index in [1.165, 1.54) is 5.56 Å². The normalized spacial score (nSPS) is 10.1. The van der Waals surface area contributed by atoms with Crippen LogP contribution in [0.1, 0.15) is 12.0 Å². The van der Waals surface area contributed by atoms with E-state index in [0.717, 1.165) is 18.7 Å². The highest BCUT2D eigenvalue weighted by Gasteiger charge is 1.98. The summed E-state index contributed by atoms with van der Waals surface area (Å²) in [6.07, 6.45) is 0.863. The summed E-state index contributed by atoms with van der Waals surface area (Å²) in [6, 6.07) is 8.16. The predicted octanol–water partition coefficient (Wildman–Crippen LogP) is 2.62. The van der Waals surface area contributed by atoms with Crippen LogP contribution in [0.25, 0.3) is 0 Å². The Bertz CT molecular complexity index is 387. The molecule has 0 aliphatic carbocycles. The maximum atomic E-state index is 5.63. The van der Waals surface area contributed by atoms with Gasteiger partial charge in [-0.2, -0.15) is 0 Å². The molecular weight excluding hydrogens is 232 g/mol. The largest absolute Gasteiger partial charge is 0.494 e. The zero-order chi connectivity index (χ0) is 12.5. The number of nitrogens with zero attached hydrogens (tertiary/aromatic N) is 2. The highest BCUT2D eigenvalue weighted by atomic mass is 32.1. The van der Waals surface area contributed by atoms with E-state index in [-0.39, 0.29) is 0 Å². The van der Waals surface area contributed by atoms with Crippen LogP contribution in [-0.2, 0) is 6.54 Å². The fourth-order valence-electron chi connectivity index (χ4n) is 1.48. The van der Waals surface area contributed by atoms with Gasteiger partial charge in [-0.25, -0.2) is 4.99 Å². The number of benzene rings is 1. The van der Waals surface area contributed by atoms with Gasteiger partial charge in [0.05, 0.1) is 18.3 Å². The van der Waals surface area contributed by atoms with Crippen LogP contribution in [0.3, 0.4) is 0 Å². The summed E-state index contributed by atoms with van der Waals surface area (Å²) in [7, 11) is 4.10. The lowest BCUT2D eigenvalue weighted by Crippen LogP contribution is -2.10. The van der Waals surface area contributed by atoms with Crippen LogP contribution in [0, 0.1) is 0 Å². The van der Waals surface area contributed by atoms with E-state index in [2.05, 4.69) is 53.5 Å². The van der Waals surface area contributed by atoms with Crippen LogP contribution in [-0.4, -0.2) is 37.3 Å². The smallest absolute Gasteiger partial charge is 0.119 e. The first-order chi connectivity index (χ1) is 8.22. The van der Waals surface area contributed by atoms with Gasteiger partial charge in [0.25, 0.3) is 0 Å². The predicted molar refractivity (Wildman–Crippen MR) is 73.8 cm³/mol. The van der Waals surface area contributed by atoms with Gasteiger partial charge in [0.15, 0.2) is 0 Å². The monoisotopic (exact) mass is 250 g/mol. The zero-order valence-electron chi connectivity index (χ0n) is 10.3. The molecule has 0 bridgehead atoms. The molecular formula is C13H18N2OS. The minimum Gasteiger partial charge on any atom is -0.494 e. The lowest BCUT2D eigenvalue weighted by Gasteiger charge is -2.11. The summed E-state index contributed by atoms with van der Waals surface area (Å²) in [5, 5.41) is 2.34. The third-order valence-corrected chi connectivity index (χ3v) is 2.27. The van der Waals surface area contributed by atoms with Gasteiger partial charge in [-0.3, -0.25) is 0 Å². The molecule has 1 aromatic carbocycles. The topological polar surface area (TPSA) is 24.8 Å². The van der Waals surface area contributed by atoms with Gasteiger partial charge in [0.1, 0.15) is 5.75 Å². The van der Waals surface area contributed by atoms with Crippen molar-refractivity contribution in [3.8, 4) is 5.75 Å². The maximum Gasteiger partial charge on any atom is 0.119 e. The third kappa shape index (κ3) is 6.17. The summed E-state index contributed by atoms with van der Waals surface area (Å²) in [5.74, 6) is 0.913. The van der Waals surface area contributed by atoms with Crippen LogP contribution in [0.2, 0.25) is 0 Å². The molecule has 0 amide bonds. The van der Waals surface area contributed by atoms with Crippen molar-refractivity contribution in [2.75, 3.05) is 27.2 Å². The van der Waals surface area contributed by atoms with E-state index in [1.54, 1.807) is 0 Å². The maximum absolute atomic E-state index is 5.63. The van der Waals surface area contributed by atoms with Gasteiger partial charge in [-0.15, -0.1) is 0 Å². The van der Waals surface area contributed by atoms with Gasteiger partial charge in [-0.05, 0) is 44.0 Å². The molecule has 4 heteroatoms. The minimum absolute atomic E-state index is 0.659. The number of hydrogen-bond acceptors (Lipinski definition) is 4. The van der Waals surface area contributed by atoms with E-state index in [0.29, 0.717) is 13.2 Å². The molecule has 0 aromatic heterocycles. The molecule has 92 valence electrons. The van der Waals surface area contributed by atoms with Gasteiger partial charge in [-0.1, -0.05) is 12.1 Å². The Labute approximate surface area is 108 Å². The molecule has 3 nitrogen and oxygen atoms in total. The molecule has 0 radical (unpaired) electrons. The van der Waals surface area contributed by atoms with Gasteiger partial charge in [0.2, 0.25) is 0 Å². The van der Waals surface area contributed by atoms with E-state index in [1.807, 2.05) is 12.1 Å². The minimum atomic E-state index is 0.659. The van der Waals surface area contributed by atoms with Crippen molar-refractivity contribution in [2.24, 2.45) is 4.99 Å². The number of aliphatic imine (C=N–C) groups is 1. The number of isothiocyanates is 1. The summed E-state index contributed by atoms with van der Waals surface area (Å²) in [4.78, 5) is 5.97. The summed E-state index contributed by atoms with van der Waals surface area (Å²) in [6.45, 7) is 2.26. The highest BCUT2D eigenvalue weighted by molar-refractivity contribution is 7.78. The van der Waals surface area contributed by atoms with Gasteiger partial charge >= 0.3 is 0 Å². The molecule has 1 rings (SSSR count). The van der Waals surface area contributed by atoms with E-state index in [9.17, 15) is 0 Å². The standard InChI is InChI=1S/C13H18N2OS/c1-15(2)10-12-5-3-6-13(9-12)16-8-4-7-14-11-17/h3,5-6,9H,4,7-8,10H2,1-2H3. The molecule has 0 saturated carbocycles. The molecule has 1 aromatic rings. The Morgan fingerprint density at radius 1 is 1.41 bits per heavy atom. The van der Waals surface area contributed by atoms with Crippen LogP contribution in [0.15, 0.2) is 29.3 Å². The van der Waals surface area contributed by atoms with Gasteiger partial charge < -0.3 is 9.64 Å². The van der Waals surface area contributed by atoms with Crippen LogP contribution >= 0.6 is 12.2 Å². The lowest BCUT2D eigenvalue weighted by molar-refractivity contribution is 0.312. The average molecular weight is 250 g/mol. The molecule has 0 aliphatic heterocycles. The molecule has 0 saturated heterocycles. The molecule has 17 heavy (non-hydrogen) atoms. The summed E-state index contributed by atoms with van der Waals surface area (Å²) < 4.78 is 5.63. The van der Waals surface area contributed by atoms with Crippen molar-refractivity contribution in [1.29, 1.82) is 0 Å². The van der Waals surface area contributed by atoms with Crippen molar-refractivity contribution < 1.29 is 4.74 Å². The Kier molecular flexibility index (Phi) is 6.48. The van der Waals surface area contributed by atoms with Crippen molar-refractivity contribution in [3.05, 3.63) is 29.8 Å². The third-order valence-electron chi connectivity index (χ3n) is 2.14. The fourth-order valence-corrected chi connectivity index (χ4v) is 1.57. The second kappa shape index (κ2) is 7.96. The average Bonchev–Trinajstić information content (AvgIpc) is 2.28. The fraction of sp³-hybridized carbons (Fsp3) is 0.462. The summed E-state index contributed by atoms with van der Waals surface area (Å²) in [5.41, 5.74) is 1.25. The van der Waals surface area contributed by atoms with E-state index < -0.39 is 0 Å². The van der Waals surface area contributed by atoms with Crippen LogP contribution < -0.4 is 4.74 Å². The molecule has 0 N–H and O–H groups in total. The Balaban J connectivity index is 2.40. The number of ether oxygens (including phenoxy) is 1. The number of hydrogen-bond donors (Lipinski definition) is 0. The van der Waals surface area contributed by atoms with Crippen LogP contribution in [0.5, 0.6) is 5.75 Å². The summed E-state index contributed by atoms with van der Waals surface area (Å²) >= 11 is 4.49. The first-order valence-corrected chi connectivity index (χ1v) is 6.03. The zero-order valence-corrected chi connectivity index (χ0v) is 11.2. The van der Waals surface area contributed by atoms with E-state index in [4.69, 9.17) is 4.74 Å². The Morgan fingerprint density at radius 2 is 2.24 bits per heavy atom. The molecule has 0 atom stereocenters. The van der Waals surface area contributed by atoms with E-state index >= 15 is 0 Å². The lowest BCUT2D eigenvalue weighted by atomic mass is 10.2. The first kappa shape index (κ1) is 13.8. The highest BCUT2D eigenvalue weighted by Crippen LogP contribution is 2.14. The number of rotatable bonds is 7. The van der Waals surface area contributed by atoms with Gasteiger partial charge in [0, 0.05) is 13.0 Å². The van der Waals surface area contributed by atoms with Crippen molar-refractivity contribution in [3.63, 3.8) is 0 Å². The van der Waals surface area contributed by atoms with Crippen molar-refractivity contribution in [1.82, 2.24) is 4.90 Å². The molecule has 0 heterocycles. The number of thiocarbonyl (C=S) groups is 1. The quantitative estimate of drug-likeness (QED) is 0.422. The van der Waals surface area contributed by atoms with Crippen molar-refractivity contribution >= 4 is 17.4 Å². The second-order valence-electron chi connectivity index (χ2n) is 4.06. The Hall–Kier alpha value is -1.22. The molecule has 0 unspecified atom stereocenters. The first-order valence-electron chi connectivity index (χ1n) is 5.62. The molecule has 0 spiro atoms. The second-order valence-corrected chi connectivity index (χ2v) is 4.24.